The first-order valence-electron chi connectivity index (χ1n) is 9.06. The standard InChI is InChI=1S/C21H23BrN2O/c22-19-9-7-17(8-10-19)21(25)24-12-3-6-20(15-24)23-13-11-16-4-1-2-5-18(16)14-23/h1-2,4-5,7-10,20H,3,6,11-15H2/t20-/m0/s1. The zero-order valence-corrected chi connectivity index (χ0v) is 15.9. The van der Waals surface area contributed by atoms with Crippen molar-refractivity contribution < 1.29 is 4.79 Å². The zero-order chi connectivity index (χ0) is 17.2. The highest BCUT2D eigenvalue weighted by atomic mass is 79.9. The fourth-order valence-electron chi connectivity index (χ4n) is 4.04. The summed E-state index contributed by atoms with van der Waals surface area (Å²) in [6, 6.07) is 16.9. The first kappa shape index (κ1) is 16.8. The van der Waals surface area contributed by atoms with E-state index >= 15 is 0 Å². The minimum absolute atomic E-state index is 0.162. The second-order valence-corrected chi connectivity index (χ2v) is 7.96. The van der Waals surface area contributed by atoms with E-state index in [1.165, 1.54) is 17.5 Å². The normalized spacial score (nSPS) is 21.0. The summed E-state index contributed by atoms with van der Waals surface area (Å²) in [7, 11) is 0. The van der Waals surface area contributed by atoms with E-state index in [2.05, 4.69) is 45.1 Å². The van der Waals surface area contributed by atoms with Crippen molar-refractivity contribution >= 4 is 21.8 Å². The lowest BCUT2D eigenvalue weighted by Gasteiger charge is -2.41. The third-order valence-electron chi connectivity index (χ3n) is 5.45. The molecule has 1 atom stereocenters. The number of hydrogen-bond acceptors (Lipinski definition) is 2. The Kier molecular flexibility index (Phi) is 4.91. The molecule has 3 nitrogen and oxygen atoms in total. The SMILES string of the molecule is O=C(c1ccc(Br)cc1)N1CCC[C@H](N2CCc3ccccc3C2)C1. The van der Waals surface area contributed by atoms with Crippen molar-refractivity contribution in [3.63, 3.8) is 0 Å². The van der Waals surface area contributed by atoms with Gasteiger partial charge in [-0.25, -0.2) is 0 Å². The van der Waals surface area contributed by atoms with Gasteiger partial charge in [-0.05, 0) is 54.7 Å². The van der Waals surface area contributed by atoms with Crippen LogP contribution in [-0.4, -0.2) is 41.4 Å². The lowest BCUT2D eigenvalue weighted by molar-refractivity contribution is 0.0549. The van der Waals surface area contributed by atoms with Crippen molar-refractivity contribution in [2.24, 2.45) is 0 Å². The van der Waals surface area contributed by atoms with E-state index in [0.29, 0.717) is 6.04 Å². The number of fused-ring (bicyclic) bond motifs is 1. The molecule has 0 saturated carbocycles. The monoisotopic (exact) mass is 398 g/mol. The number of carbonyl (C=O) groups excluding carboxylic acids is 1. The summed E-state index contributed by atoms with van der Waals surface area (Å²) < 4.78 is 1.01. The molecule has 2 aromatic rings. The van der Waals surface area contributed by atoms with Gasteiger partial charge in [-0.3, -0.25) is 9.69 Å². The highest BCUT2D eigenvalue weighted by molar-refractivity contribution is 9.10. The summed E-state index contributed by atoms with van der Waals surface area (Å²) in [4.78, 5) is 17.4. The van der Waals surface area contributed by atoms with Gasteiger partial charge in [0.1, 0.15) is 0 Å². The maximum absolute atomic E-state index is 12.8. The molecule has 4 heteroatoms. The van der Waals surface area contributed by atoms with Crippen LogP contribution in [0.1, 0.15) is 34.3 Å². The van der Waals surface area contributed by atoms with Gasteiger partial charge in [0.25, 0.3) is 5.91 Å². The second kappa shape index (κ2) is 7.30. The van der Waals surface area contributed by atoms with E-state index in [1.54, 1.807) is 0 Å². The Bertz CT molecular complexity index is 759. The largest absolute Gasteiger partial charge is 0.337 e. The third-order valence-corrected chi connectivity index (χ3v) is 5.98. The van der Waals surface area contributed by atoms with Gasteiger partial charge < -0.3 is 4.90 Å². The maximum Gasteiger partial charge on any atom is 0.253 e. The van der Waals surface area contributed by atoms with Crippen LogP contribution >= 0.6 is 15.9 Å². The predicted octanol–water partition coefficient (Wildman–Crippen LogP) is 4.11. The Hall–Kier alpha value is -1.65. The Balaban J connectivity index is 1.44. The molecule has 1 amide bonds. The van der Waals surface area contributed by atoms with Gasteiger partial charge in [-0.15, -0.1) is 0 Å². The smallest absolute Gasteiger partial charge is 0.253 e. The van der Waals surface area contributed by atoms with Crippen LogP contribution < -0.4 is 0 Å². The number of nitrogens with zero attached hydrogens (tertiary/aromatic N) is 2. The average Bonchev–Trinajstić information content (AvgIpc) is 2.68. The molecule has 1 saturated heterocycles. The molecule has 0 aromatic heterocycles. The van der Waals surface area contributed by atoms with Gasteiger partial charge in [-0.1, -0.05) is 40.2 Å². The van der Waals surface area contributed by atoms with Gasteiger partial charge >= 0.3 is 0 Å². The van der Waals surface area contributed by atoms with Gasteiger partial charge in [0.15, 0.2) is 0 Å². The number of rotatable bonds is 2. The molecule has 0 spiro atoms. The number of hydrogen-bond donors (Lipinski definition) is 0. The molecule has 0 unspecified atom stereocenters. The predicted molar refractivity (Wildman–Crippen MR) is 104 cm³/mol. The molecule has 0 aliphatic carbocycles. The molecular weight excluding hydrogens is 376 g/mol. The molecule has 0 bridgehead atoms. The van der Waals surface area contributed by atoms with E-state index in [9.17, 15) is 4.79 Å². The number of carbonyl (C=O) groups is 1. The molecule has 0 N–H and O–H groups in total. The summed E-state index contributed by atoms with van der Waals surface area (Å²) in [5.74, 6) is 0.162. The molecule has 2 aliphatic heterocycles. The van der Waals surface area contributed by atoms with Crippen molar-refractivity contribution in [1.82, 2.24) is 9.80 Å². The molecular formula is C21H23BrN2O. The first-order valence-corrected chi connectivity index (χ1v) is 9.86. The summed E-state index contributed by atoms with van der Waals surface area (Å²) >= 11 is 3.43. The Morgan fingerprint density at radius 2 is 1.76 bits per heavy atom. The van der Waals surface area contributed by atoms with Crippen molar-refractivity contribution in [2.45, 2.75) is 31.8 Å². The summed E-state index contributed by atoms with van der Waals surface area (Å²) in [6.07, 6.45) is 3.39. The van der Waals surface area contributed by atoms with Crippen molar-refractivity contribution in [1.29, 1.82) is 0 Å². The quantitative estimate of drug-likeness (QED) is 0.759. The van der Waals surface area contributed by atoms with Gasteiger partial charge in [0, 0.05) is 42.3 Å². The first-order chi connectivity index (χ1) is 12.2. The molecule has 2 aromatic carbocycles. The van der Waals surface area contributed by atoms with Crippen LogP contribution in [0, 0.1) is 0 Å². The molecule has 4 rings (SSSR count). The van der Waals surface area contributed by atoms with Crippen LogP contribution in [0.4, 0.5) is 0 Å². The van der Waals surface area contributed by atoms with E-state index in [1.807, 2.05) is 29.2 Å². The lowest BCUT2D eigenvalue weighted by Crippen LogP contribution is -2.51. The van der Waals surface area contributed by atoms with Gasteiger partial charge in [0.2, 0.25) is 0 Å². The van der Waals surface area contributed by atoms with Crippen LogP contribution in [0.15, 0.2) is 53.0 Å². The van der Waals surface area contributed by atoms with E-state index in [0.717, 1.165) is 49.1 Å². The minimum Gasteiger partial charge on any atom is -0.337 e. The van der Waals surface area contributed by atoms with Gasteiger partial charge in [-0.2, -0.15) is 0 Å². The molecule has 130 valence electrons. The van der Waals surface area contributed by atoms with Crippen molar-refractivity contribution in [2.75, 3.05) is 19.6 Å². The fourth-order valence-corrected chi connectivity index (χ4v) is 4.31. The number of benzene rings is 2. The number of amides is 1. The molecule has 2 aliphatic rings. The second-order valence-electron chi connectivity index (χ2n) is 7.04. The van der Waals surface area contributed by atoms with Crippen LogP contribution in [0.5, 0.6) is 0 Å². The van der Waals surface area contributed by atoms with E-state index in [-0.39, 0.29) is 5.91 Å². The highest BCUT2D eigenvalue weighted by Gasteiger charge is 2.30. The topological polar surface area (TPSA) is 23.6 Å². The number of halogens is 1. The minimum atomic E-state index is 0.162. The fraction of sp³-hybridized carbons (Fsp3) is 0.381. The molecule has 1 fully saturated rings. The van der Waals surface area contributed by atoms with Crippen LogP contribution in [0.2, 0.25) is 0 Å². The lowest BCUT2D eigenvalue weighted by atomic mass is 9.96. The third kappa shape index (κ3) is 3.65. The molecule has 2 heterocycles. The van der Waals surface area contributed by atoms with Crippen LogP contribution in [0.25, 0.3) is 0 Å². The van der Waals surface area contributed by atoms with Crippen molar-refractivity contribution in [3.05, 3.63) is 69.7 Å². The van der Waals surface area contributed by atoms with E-state index in [4.69, 9.17) is 0 Å². The number of piperidine rings is 1. The zero-order valence-electron chi connectivity index (χ0n) is 14.3. The maximum atomic E-state index is 12.8. The average molecular weight is 399 g/mol. The Morgan fingerprint density at radius 1 is 1.00 bits per heavy atom. The number of likely N-dealkylation sites (tertiary alicyclic amines) is 1. The van der Waals surface area contributed by atoms with Crippen LogP contribution in [0.3, 0.4) is 0 Å². The Morgan fingerprint density at radius 3 is 2.56 bits per heavy atom. The summed E-state index contributed by atoms with van der Waals surface area (Å²) in [5, 5.41) is 0. The molecule has 0 radical (unpaired) electrons. The summed E-state index contributed by atoms with van der Waals surface area (Å²) in [5.41, 5.74) is 3.72. The van der Waals surface area contributed by atoms with Crippen molar-refractivity contribution in [3.8, 4) is 0 Å². The van der Waals surface area contributed by atoms with E-state index < -0.39 is 0 Å². The van der Waals surface area contributed by atoms with Crippen LogP contribution in [-0.2, 0) is 13.0 Å². The summed E-state index contributed by atoms with van der Waals surface area (Å²) in [6.45, 7) is 3.83. The van der Waals surface area contributed by atoms with Gasteiger partial charge in [0.05, 0.1) is 0 Å². The molecule has 25 heavy (non-hydrogen) atoms. The Labute approximate surface area is 157 Å². The highest BCUT2D eigenvalue weighted by Crippen LogP contribution is 2.25.